The molecule has 0 amide bonds. The van der Waals surface area contributed by atoms with E-state index < -0.39 is 15.6 Å². The number of carbonyl (C=O) groups excluding carboxylic acids is 1. The lowest BCUT2D eigenvalue weighted by Gasteiger charge is -2.24. The van der Waals surface area contributed by atoms with Crippen molar-refractivity contribution in [1.29, 1.82) is 0 Å². The van der Waals surface area contributed by atoms with E-state index in [9.17, 15) is 13.2 Å². The van der Waals surface area contributed by atoms with Gasteiger partial charge in [0.2, 0.25) is 10.0 Å². The second-order valence-corrected chi connectivity index (χ2v) is 7.42. The van der Waals surface area contributed by atoms with Crippen LogP contribution in [-0.4, -0.2) is 19.7 Å². The van der Waals surface area contributed by atoms with E-state index in [0.717, 1.165) is 5.56 Å². The van der Waals surface area contributed by atoms with Crippen molar-refractivity contribution in [2.24, 2.45) is 0 Å². The van der Waals surface area contributed by atoms with E-state index in [2.05, 4.69) is 4.72 Å². The Kier molecular flexibility index (Phi) is 4.49. The van der Waals surface area contributed by atoms with Crippen molar-refractivity contribution in [3.63, 3.8) is 0 Å². The number of aryl methyl sites for hydroxylation is 1. The first-order valence-corrected chi connectivity index (χ1v) is 8.41. The SMILES string of the molecule is Cc1ccc(S(=O)(=O)NC(C)(C)C(=O)c2ccccc2)cc1. The first-order chi connectivity index (χ1) is 10.2. The predicted octanol–water partition coefficient (Wildman–Crippen LogP) is 2.93. The van der Waals surface area contributed by atoms with Crippen molar-refractivity contribution in [2.75, 3.05) is 0 Å². The Hall–Kier alpha value is -1.98. The molecule has 0 aliphatic carbocycles. The highest BCUT2D eigenvalue weighted by Gasteiger charge is 2.33. The molecule has 0 aromatic heterocycles. The quantitative estimate of drug-likeness (QED) is 0.862. The molecule has 4 nitrogen and oxygen atoms in total. The molecule has 116 valence electrons. The Morgan fingerprint density at radius 1 is 0.955 bits per heavy atom. The molecular weight excluding hydrogens is 298 g/mol. The van der Waals surface area contributed by atoms with Gasteiger partial charge in [-0.25, -0.2) is 8.42 Å². The van der Waals surface area contributed by atoms with Gasteiger partial charge >= 0.3 is 0 Å². The van der Waals surface area contributed by atoms with Gasteiger partial charge in [0.15, 0.2) is 5.78 Å². The molecule has 0 saturated carbocycles. The fraction of sp³-hybridized carbons (Fsp3) is 0.235. The van der Waals surface area contributed by atoms with E-state index in [0.29, 0.717) is 5.56 Å². The largest absolute Gasteiger partial charge is 0.292 e. The van der Waals surface area contributed by atoms with Crippen LogP contribution in [-0.2, 0) is 10.0 Å². The minimum absolute atomic E-state index is 0.145. The van der Waals surface area contributed by atoms with Crippen LogP contribution in [0.3, 0.4) is 0 Å². The summed E-state index contributed by atoms with van der Waals surface area (Å²) in [7, 11) is -3.76. The number of ketones is 1. The van der Waals surface area contributed by atoms with Crippen LogP contribution in [0.15, 0.2) is 59.5 Å². The number of Topliss-reactive ketones (excluding diaryl/α,β-unsaturated/α-hetero) is 1. The van der Waals surface area contributed by atoms with Crippen LogP contribution in [0.2, 0.25) is 0 Å². The summed E-state index contributed by atoms with van der Waals surface area (Å²) >= 11 is 0. The topological polar surface area (TPSA) is 63.2 Å². The van der Waals surface area contributed by atoms with E-state index >= 15 is 0 Å². The molecule has 0 radical (unpaired) electrons. The van der Waals surface area contributed by atoms with Gasteiger partial charge in [0.1, 0.15) is 0 Å². The van der Waals surface area contributed by atoms with Crippen molar-refractivity contribution in [3.8, 4) is 0 Å². The highest BCUT2D eigenvalue weighted by atomic mass is 32.2. The normalized spacial score (nSPS) is 12.1. The molecule has 0 bridgehead atoms. The molecule has 0 atom stereocenters. The zero-order valence-corrected chi connectivity index (χ0v) is 13.6. The first kappa shape index (κ1) is 16.4. The Morgan fingerprint density at radius 3 is 2.05 bits per heavy atom. The maximum Gasteiger partial charge on any atom is 0.241 e. The number of sulfonamides is 1. The smallest absolute Gasteiger partial charge is 0.241 e. The van der Waals surface area contributed by atoms with E-state index in [1.54, 1.807) is 56.3 Å². The summed E-state index contributed by atoms with van der Waals surface area (Å²) < 4.78 is 27.4. The maximum atomic E-state index is 12.5. The lowest BCUT2D eigenvalue weighted by atomic mass is 9.94. The molecule has 0 aliphatic heterocycles. The Morgan fingerprint density at radius 2 is 1.50 bits per heavy atom. The van der Waals surface area contributed by atoms with Gasteiger partial charge < -0.3 is 0 Å². The van der Waals surface area contributed by atoms with Crippen LogP contribution in [0.4, 0.5) is 0 Å². The highest BCUT2D eigenvalue weighted by Crippen LogP contribution is 2.18. The Labute approximate surface area is 131 Å². The lowest BCUT2D eigenvalue weighted by Crippen LogP contribution is -2.49. The van der Waals surface area contributed by atoms with E-state index in [4.69, 9.17) is 0 Å². The Bertz CT molecular complexity index is 763. The number of hydrogen-bond donors (Lipinski definition) is 1. The Balaban J connectivity index is 2.27. The summed E-state index contributed by atoms with van der Waals surface area (Å²) in [5.41, 5.74) is 0.211. The van der Waals surface area contributed by atoms with Gasteiger partial charge in [-0.15, -0.1) is 0 Å². The first-order valence-electron chi connectivity index (χ1n) is 6.93. The molecule has 22 heavy (non-hydrogen) atoms. The molecular formula is C17H19NO3S. The predicted molar refractivity (Wildman–Crippen MR) is 86.4 cm³/mol. The van der Waals surface area contributed by atoms with Crippen molar-refractivity contribution in [3.05, 3.63) is 65.7 Å². The van der Waals surface area contributed by atoms with Crippen LogP contribution in [0, 0.1) is 6.92 Å². The third-order valence-corrected chi connectivity index (χ3v) is 5.00. The van der Waals surface area contributed by atoms with Crippen molar-refractivity contribution < 1.29 is 13.2 Å². The van der Waals surface area contributed by atoms with Gasteiger partial charge in [-0.2, -0.15) is 4.72 Å². The van der Waals surface area contributed by atoms with Gasteiger partial charge in [0, 0.05) is 5.56 Å². The molecule has 1 N–H and O–H groups in total. The zero-order chi connectivity index (χ0) is 16.4. The summed E-state index contributed by atoms with van der Waals surface area (Å²) in [5, 5.41) is 0. The number of nitrogens with one attached hydrogen (secondary N) is 1. The fourth-order valence-corrected chi connectivity index (χ4v) is 3.49. The van der Waals surface area contributed by atoms with Crippen LogP contribution in [0.5, 0.6) is 0 Å². The van der Waals surface area contributed by atoms with Crippen molar-refractivity contribution in [1.82, 2.24) is 4.72 Å². The van der Waals surface area contributed by atoms with E-state index in [-0.39, 0.29) is 10.7 Å². The average molecular weight is 317 g/mol. The van der Waals surface area contributed by atoms with Gasteiger partial charge in [-0.05, 0) is 32.9 Å². The summed E-state index contributed by atoms with van der Waals surface area (Å²) in [4.78, 5) is 12.6. The van der Waals surface area contributed by atoms with Crippen LogP contribution in [0.1, 0.15) is 29.8 Å². The number of hydrogen-bond acceptors (Lipinski definition) is 3. The average Bonchev–Trinajstić information content (AvgIpc) is 2.46. The van der Waals surface area contributed by atoms with Crippen molar-refractivity contribution >= 4 is 15.8 Å². The summed E-state index contributed by atoms with van der Waals surface area (Å²) in [6.07, 6.45) is 0. The standard InChI is InChI=1S/C17H19NO3S/c1-13-9-11-15(12-10-13)22(20,21)18-17(2,3)16(19)14-7-5-4-6-8-14/h4-12,18H,1-3H3. The van der Waals surface area contributed by atoms with Gasteiger partial charge in [0.25, 0.3) is 0 Å². The zero-order valence-electron chi connectivity index (χ0n) is 12.8. The third-order valence-electron chi connectivity index (χ3n) is 3.32. The lowest BCUT2D eigenvalue weighted by molar-refractivity contribution is 0.0901. The molecule has 2 aromatic carbocycles. The maximum absolute atomic E-state index is 12.5. The van der Waals surface area contributed by atoms with Gasteiger partial charge in [0.05, 0.1) is 10.4 Å². The van der Waals surface area contributed by atoms with Crippen LogP contribution in [0.25, 0.3) is 0 Å². The minimum Gasteiger partial charge on any atom is -0.292 e. The molecule has 0 spiro atoms. The summed E-state index contributed by atoms with van der Waals surface area (Å²) in [5.74, 6) is -0.274. The fourth-order valence-electron chi connectivity index (χ4n) is 2.11. The molecule has 0 heterocycles. The molecule has 0 aliphatic rings. The summed E-state index contributed by atoms with van der Waals surface area (Å²) in [6, 6.07) is 15.1. The monoisotopic (exact) mass is 317 g/mol. The second kappa shape index (κ2) is 6.02. The molecule has 0 fully saturated rings. The molecule has 0 saturated heterocycles. The third kappa shape index (κ3) is 3.61. The van der Waals surface area contributed by atoms with Crippen LogP contribution >= 0.6 is 0 Å². The van der Waals surface area contributed by atoms with E-state index in [1.165, 1.54) is 12.1 Å². The summed E-state index contributed by atoms with van der Waals surface area (Å²) in [6.45, 7) is 5.01. The minimum atomic E-state index is -3.76. The molecule has 2 rings (SSSR count). The number of rotatable bonds is 5. The van der Waals surface area contributed by atoms with Gasteiger partial charge in [-0.3, -0.25) is 4.79 Å². The van der Waals surface area contributed by atoms with Gasteiger partial charge in [-0.1, -0.05) is 48.0 Å². The van der Waals surface area contributed by atoms with Crippen LogP contribution < -0.4 is 4.72 Å². The number of benzene rings is 2. The number of carbonyl (C=O) groups is 1. The highest BCUT2D eigenvalue weighted by molar-refractivity contribution is 7.89. The molecule has 2 aromatic rings. The molecule has 5 heteroatoms. The van der Waals surface area contributed by atoms with Crippen molar-refractivity contribution in [2.45, 2.75) is 31.2 Å². The van der Waals surface area contributed by atoms with E-state index in [1.807, 2.05) is 6.92 Å². The second-order valence-electron chi connectivity index (χ2n) is 5.74. The molecule has 0 unspecified atom stereocenters.